The van der Waals surface area contributed by atoms with Crippen molar-refractivity contribution >= 4 is 0 Å². The Morgan fingerprint density at radius 1 is 1.27 bits per heavy atom. The first-order valence-corrected chi connectivity index (χ1v) is 5.71. The van der Waals surface area contributed by atoms with Crippen LogP contribution in [0.2, 0.25) is 0 Å². The van der Waals surface area contributed by atoms with Gasteiger partial charge in [0.15, 0.2) is 0 Å². The minimum atomic E-state index is 0.301. The van der Waals surface area contributed by atoms with Crippen LogP contribution >= 0.6 is 0 Å². The molecule has 2 heteroatoms. The third kappa shape index (κ3) is 2.39. The predicted molar refractivity (Wildman–Crippen MR) is 57.6 cm³/mol. The first-order valence-electron chi connectivity index (χ1n) is 5.71. The molecule has 15 heavy (non-hydrogen) atoms. The van der Waals surface area contributed by atoms with Crippen molar-refractivity contribution < 1.29 is 9.47 Å². The highest BCUT2D eigenvalue weighted by Gasteiger charge is 2.34. The van der Waals surface area contributed by atoms with Gasteiger partial charge in [0.05, 0.1) is 19.3 Å². The highest BCUT2D eigenvalue weighted by Crippen LogP contribution is 2.43. The standard InChI is InChI=1S/C13H16O2/c1-2-4-10(5-3-1)13(11-6-7-11)15-9-12-8-14-12/h1-5,11-13H,6-9H2. The molecule has 1 heterocycles. The number of benzene rings is 1. The summed E-state index contributed by atoms with van der Waals surface area (Å²) in [4.78, 5) is 0. The fraction of sp³-hybridized carbons (Fsp3) is 0.538. The summed E-state index contributed by atoms with van der Waals surface area (Å²) in [6, 6.07) is 10.5. The quantitative estimate of drug-likeness (QED) is 0.687. The van der Waals surface area contributed by atoms with Crippen molar-refractivity contribution in [2.45, 2.75) is 25.0 Å². The van der Waals surface area contributed by atoms with Crippen LogP contribution in [-0.4, -0.2) is 19.3 Å². The molecule has 1 saturated heterocycles. The van der Waals surface area contributed by atoms with Crippen LogP contribution in [0.4, 0.5) is 0 Å². The lowest BCUT2D eigenvalue weighted by Gasteiger charge is -2.17. The fourth-order valence-corrected chi connectivity index (χ4v) is 1.92. The molecule has 80 valence electrons. The predicted octanol–water partition coefficient (Wildman–Crippen LogP) is 2.55. The van der Waals surface area contributed by atoms with Crippen molar-refractivity contribution in [2.75, 3.05) is 13.2 Å². The minimum absolute atomic E-state index is 0.301. The van der Waals surface area contributed by atoms with Crippen LogP contribution < -0.4 is 0 Å². The summed E-state index contributed by atoms with van der Waals surface area (Å²) < 4.78 is 11.1. The van der Waals surface area contributed by atoms with E-state index in [9.17, 15) is 0 Å². The molecule has 0 radical (unpaired) electrons. The maximum absolute atomic E-state index is 5.95. The van der Waals surface area contributed by atoms with Gasteiger partial charge in [0.25, 0.3) is 0 Å². The van der Waals surface area contributed by atoms with E-state index < -0.39 is 0 Å². The lowest BCUT2D eigenvalue weighted by atomic mass is 10.1. The largest absolute Gasteiger partial charge is 0.371 e. The zero-order chi connectivity index (χ0) is 10.1. The molecule has 1 aliphatic heterocycles. The Bertz CT molecular complexity index is 315. The van der Waals surface area contributed by atoms with Crippen LogP contribution in [0.15, 0.2) is 30.3 Å². The zero-order valence-corrected chi connectivity index (χ0v) is 8.76. The van der Waals surface area contributed by atoms with Crippen molar-refractivity contribution in [2.24, 2.45) is 5.92 Å². The van der Waals surface area contributed by atoms with Gasteiger partial charge in [0.1, 0.15) is 6.10 Å². The Balaban J connectivity index is 1.66. The van der Waals surface area contributed by atoms with Gasteiger partial charge in [-0.05, 0) is 24.3 Å². The van der Waals surface area contributed by atoms with Crippen molar-refractivity contribution in [3.63, 3.8) is 0 Å². The molecular weight excluding hydrogens is 188 g/mol. The van der Waals surface area contributed by atoms with Crippen LogP contribution in [0.25, 0.3) is 0 Å². The van der Waals surface area contributed by atoms with E-state index in [1.807, 2.05) is 0 Å². The maximum atomic E-state index is 5.95. The molecule has 2 nitrogen and oxygen atoms in total. The average molecular weight is 204 g/mol. The van der Waals surface area contributed by atoms with Gasteiger partial charge in [-0.1, -0.05) is 30.3 Å². The number of hydrogen-bond acceptors (Lipinski definition) is 2. The normalized spacial score (nSPS) is 26.3. The Kier molecular flexibility index (Phi) is 2.47. The van der Waals surface area contributed by atoms with Gasteiger partial charge < -0.3 is 9.47 Å². The highest BCUT2D eigenvalue weighted by molar-refractivity contribution is 5.19. The van der Waals surface area contributed by atoms with Gasteiger partial charge in [-0.25, -0.2) is 0 Å². The van der Waals surface area contributed by atoms with E-state index in [0.717, 1.165) is 19.1 Å². The lowest BCUT2D eigenvalue weighted by Crippen LogP contribution is -2.10. The molecule has 2 atom stereocenters. The molecule has 1 aromatic rings. The molecule has 0 N–H and O–H groups in total. The summed E-state index contributed by atoms with van der Waals surface area (Å²) in [6.45, 7) is 1.64. The number of ether oxygens (including phenoxy) is 2. The Morgan fingerprint density at radius 2 is 2.00 bits per heavy atom. The second-order valence-electron chi connectivity index (χ2n) is 4.46. The fourth-order valence-electron chi connectivity index (χ4n) is 1.92. The van der Waals surface area contributed by atoms with Gasteiger partial charge in [0, 0.05) is 0 Å². The van der Waals surface area contributed by atoms with Gasteiger partial charge in [0.2, 0.25) is 0 Å². The second-order valence-corrected chi connectivity index (χ2v) is 4.46. The van der Waals surface area contributed by atoms with Gasteiger partial charge in [-0.2, -0.15) is 0 Å². The lowest BCUT2D eigenvalue weighted by molar-refractivity contribution is 0.0275. The third-order valence-corrected chi connectivity index (χ3v) is 3.04. The molecule has 0 aromatic heterocycles. The Hall–Kier alpha value is -0.860. The van der Waals surface area contributed by atoms with E-state index in [1.54, 1.807) is 0 Å². The van der Waals surface area contributed by atoms with E-state index in [0.29, 0.717) is 12.2 Å². The third-order valence-electron chi connectivity index (χ3n) is 3.04. The van der Waals surface area contributed by atoms with E-state index in [2.05, 4.69) is 30.3 Å². The maximum Gasteiger partial charge on any atom is 0.104 e. The molecule has 1 aromatic carbocycles. The summed E-state index contributed by atoms with van der Waals surface area (Å²) in [6.07, 6.45) is 3.29. The molecule has 0 bridgehead atoms. The van der Waals surface area contributed by atoms with Crippen LogP contribution in [0.1, 0.15) is 24.5 Å². The minimum Gasteiger partial charge on any atom is -0.371 e. The topological polar surface area (TPSA) is 21.8 Å². The zero-order valence-electron chi connectivity index (χ0n) is 8.76. The SMILES string of the molecule is c1ccc(C(OCC2CO2)C2CC2)cc1. The Morgan fingerprint density at radius 3 is 2.60 bits per heavy atom. The monoisotopic (exact) mass is 204 g/mol. The summed E-state index contributed by atoms with van der Waals surface area (Å²) in [5.74, 6) is 0.742. The van der Waals surface area contributed by atoms with E-state index >= 15 is 0 Å². The molecule has 0 spiro atoms. The molecule has 3 rings (SSSR count). The summed E-state index contributed by atoms with van der Waals surface area (Å²) in [7, 11) is 0. The molecule has 2 aliphatic rings. The number of rotatable bonds is 5. The van der Waals surface area contributed by atoms with E-state index in [1.165, 1.54) is 18.4 Å². The molecule has 1 saturated carbocycles. The number of hydrogen-bond donors (Lipinski definition) is 0. The average Bonchev–Trinajstić information content (AvgIpc) is 3.14. The smallest absolute Gasteiger partial charge is 0.104 e. The molecule has 2 fully saturated rings. The van der Waals surface area contributed by atoms with E-state index in [-0.39, 0.29) is 0 Å². The number of epoxide rings is 1. The first-order chi connectivity index (χ1) is 7.43. The molecule has 0 amide bonds. The van der Waals surface area contributed by atoms with Gasteiger partial charge in [-0.15, -0.1) is 0 Å². The van der Waals surface area contributed by atoms with Gasteiger partial charge in [-0.3, -0.25) is 0 Å². The van der Waals surface area contributed by atoms with Crippen LogP contribution in [-0.2, 0) is 9.47 Å². The van der Waals surface area contributed by atoms with Crippen molar-refractivity contribution in [1.82, 2.24) is 0 Å². The molecule has 2 unspecified atom stereocenters. The van der Waals surface area contributed by atoms with Crippen molar-refractivity contribution in [1.29, 1.82) is 0 Å². The Labute approximate surface area is 90.2 Å². The molecule has 1 aliphatic carbocycles. The highest BCUT2D eigenvalue weighted by atomic mass is 16.6. The second kappa shape index (κ2) is 3.95. The molecular formula is C13H16O2. The van der Waals surface area contributed by atoms with Crippen molar-refractivity contribution in [3.8, 4) is 0 Å². The van der Waals surface area contributed by atoms with Gasteiger partial charge >= 0.3 is 0 Å². The van der Waals surface area contributed by atoms with Crippen LogP contribution in [0.3, 0.4) is 0 Å². The van der Waals surface area contributed by atoms with Crippen molar-refractivity contribution in [3.05, 3.63) is 35.9 Å². The first kappa shape index (κ1) is 9.37. The van der Waals surface area contributed by atoms with Crippen LogP contribution in [0.5, 0.6) is 0 Å². The summed E-state index contributed by atoms with van der Waals surface area (Å²) in [5.41, 5.74) is 1.32. The van der Waals surface area contributed by atoms with Crippen LogP contribution in [0, 0.1) is 5.92 Å². The van der Waals surface area contributed by atoms with E-state index in [4.69, 9.17) is 9.47 Å². The summed E-state index contributed by atoms with van der Waals surface area (Å²) >= 11 is 0. The summed E-state index contributed by atoms with van der Waals surface area (Å²) in [5, 5.41) is 0.